The molecule has 8 heteroatoms. The zero-order valence-electron chi connectivity index (χ0n) is 11.7. The van der Waals surface area contributed by atoms with Crippen LogP contribution in [0.1, 0.15) is 19.8 Å². The summed E-state index contributed by atoms with van der Waals surface area (Å²) in [5.41, 5.74) is 6.22. The molecular weight excluding hydrogens is 275 g/mol. The Morgan fingerprint density at radius 3 is 2.95 bits per heavy atom. The second-order valence-corrected chi connectivity index (χ2v) is 4.68. The minimum Gasteiger partial charge on any atom is -0.330 e. The first kappa shape index (κ1) is 15.0. The van der Waals surface area contributed by atoms with E-state index in [1.165, 1.54) is 29.2 Å². The van der Waals surface area contributed by atoms with Gasteiger partial charge in [0.1, 0.15) is 12.1 Å². The zero-order valence-corrected chi connectivity index (χ0v) is 11.7. The molecule has 1 atom stereocenters. The van der Waals surface area contributed by atoms with Crippen LogP contribution in [-0.2, 0) is 4.79 Å². The molecular formula is C13H17FN6O. The Kier molecular flexibility index (Phi) is 4.94. The number of carbonyl (C=O) groups excluding carboxylic acids is 1. The number of anilines is 1. The highest BCUT2D eigenvalue weighted by Crippen LogP contribution is 2.19. The lowest BCUT2D eigenvalue weighted by molar-refractivity contribution is -0.117. The highest BCUT2D eigenvalue weighted by Gasteiger charge is 2.13. The Morgan fingerprint density at radius 1 is 1.52 bits per heavy atom. The molecule has 0 radical (unpaired) electrons. The molecule has 2 aromatic rings. The van der Waals surface area contributed by atoms with E-state index in [-0.39, 0.29) is 23.9 Å². The smallest absolute Gasteiger partial charge is 0.224 e. The molecule has 0 aliphatic carbocycles. The highest BCUT2D eigenvalue weighted by atomic mass is 19.1. The summed E-state index contributed by atoms with van der Waals surface area (Å²) in [6.45, 7) is 2.39. The van der Waals surface area contributed by atoms with Crippen molar-refractivity contribution in [2.45, 2.75) is 19.8 Å². The van der Waals surface area contributed by atoms with Gasteiger partial charge in [0.25, 0.3) is 0 Å². The lowest BCUT2D eigenvalue weighted by Crippen LogP contribution is -2.22. The molecule has 7 nitrogen and oxygen atoms in total. The summed E-state index contributed by atoms with van der Waals surface area (Å²) in [6, 6.07) is 4.26. The average Bonchev–Trinajstić information content (AvgIpc) is 3.01. The summed E-state index contributed by atoms with van der Waals surface area (Å²) < 4.78 is 15.2. The van der Waals surface area contributed by atoms with Crippen molar-refractivity contribution in [2.24, 2.45) is 11.7 Å². The van der Waals surface area contributed by atoms with Crippen molar-refractivity contribution in [1.82, 2.24) is 20.2 Å². The van der Waals surface area contributed by atoms with E-state index >= 15 is 0 Å². The van der Waals surface area contributed by atoms with Crippen LogP contribution in [0.25, 0.3) is 5.69 Å². The van der Waals surface area contributed by atoms with Gasteiger partial charge in [0.05, 0.1) is 11.4 Å². The van der Waals surface area contributed by atoms with E-state index in [1.54, 1.807) is 0 Å². The number of aromatic nitrogens is 4. The van der Waals surface area contributed by atoms with Crippen LogP contribution in [0, 0.1) is 11.7 Å². The number of rotatable bonds is 6. The van der Waals surface area contributed by atoms with Gasteiger partial charge >= 0.3 is 0 Å². The monoisotopic (exact) mass is 292 g/mol. The first-order valence-electron chi connectivity index (χ1n) is 6.66. The van der Waals surface area contributed by atoms with Gasteiger partial charge in [0.2, 0.25) is 5.91 Å². The van der Waals surface area contributed by atoms with Crippen molar-refractivity contribution in [3.8, 4) is 5.69 Å². The van der Waals surface area contributed by atoms with Gasteiger partial charge in [-0.1, -0.05) is 13.3 Å². The average molecular weight is 292 g/mol. The predicted molar refractivity (Wildman–Crippen MR) is 75.2 cm³/mol. The fourth-order valence-corrected chi connectivity index (χ4v) is 1.89. The Morgan fingerprint density at radius 2 is 2.33 bits per heavy atom. The third kappa shape index (κ3) is 3.82. The molecule has 112 valence electrons. The van der Waals surface area contributed by atoms with Gasteiger partial charge in [-0.25, -0.2) is 9.07 Å². The topological polar surface area (TPSA) is 98.7 Å². The fraction of sp³-hybridized carbons (Fsp3) is 0.385. The number of nitrogens with two attached hydrogens (primary N) is 1. The first-order chi connectivity index (χ1) is 10.1. The number of hydrogen-bond acceptors (Lipinski definition) is 5. The summed E-state index contributed by atoms with van der Waals surface area (Å²) in [5.74, 6) is -0.684. The van der Waals surface area contributed by atoms with E-state index in [0.29, 0.717) is 12.2 Å². The second-order valence-electron chi connectivity index (χ2n) is 4.68. The van der Waals surface area contributed by atoms with Crippen LogP contribution < -0.4 is 11.1 Å². The maximum absolute atomic E-state index is 13.8. The molecule has 1 heterocycles. The molecule has 2 rings (SSSR count). The van der Waals surface area contributed by atoms with Gasteiger partial charge in [-0.2, -0.15) is 0 Å². The Hall–Kier alpha value is -2.35. The molecule has 1 unspecified atom stereocenters. The number of amides is 1. The van der Waals surface area contributed by atoms with E-state index in [0.717, 1.165) is 6.42 Å². The Bertz CT molecular complexity index is 597. The summed E-state index contributed by atoms with van der Waals surface area (Å²) in [4.78, 5) is 11.9. The van der Waals surface area contributed by atoms with Gasteiger partial charge in [-0.05, 0) is 41.1 Å². The molecule has 0 aliphatic heterocycles. The van der Waals surface area contributed by atoms with E-state index in [2.05, 4.69) is 20.8 Å². The number of nitrogens with zero attached hydrogens (tertiary/aromatic N) is 4. The van der Waals surface area contributed by atoms with E-state index in [1.807, 2.05) is 6.92 Å². The SMILES string of the molecule is CCC(CN)CC(=O)Nc1cc(-n2cnnn2)ccc1F. The van der Waals surface area contributed by atoms with Gasteiger partial charge < -0.3 is 11.1 Å². The van der Waals surface area contributed by atoms with Crippen LogP contribution in [0.4, 0.5) is 10.1 Å². The van der Waals surface area contributed by atoms with Crippen molar-refractivity contribution in [1.29, 1.82) is 0 Å². The third-order valence-electron chi connectivity index (χ3n) is 3.22. The lowest BCUT2D eigenvalue weighted by atomic mass is 10.0. The summed E-state index contributed by atoms with van der Waals surface area (Å²) in [5, 5.41) is 13.3. The number of benzene rings is 1. The summed E-state index contributed by atoms with van der Waals surface area (Å²) in [6.07, 6.45) is 2.46. The highest BCUT2D eigenvalue weighted by molar-refractivity contribution is 5.91. The minimum absolute atomic E-state index is 0.0933. The number of hydrogen-bond donors (Lipinski definition) is 2. The van der Waals surface area contributed by atoms with Crippen molar-refractivity contribution < 1.29 is 9.18 Å². The number of carbonyl (C=O) groups is 1. The maximum Gasteiger partial charge on any atom is 0.224 e. The maximum atomic E-state index is 13.8. The van der Waals surface area contributed by atoms with Crippen LogP contribution in [0.2, 0.25) is 0 Å². The molecule has 3 N–H and O–H groups in total. The third-order valence-corrected chi connectivity index (χ3v) is 3.22. The van der Waals surface area contributed by atoms with Crippen LogP contribution in [0.15, 0.2) is 24.5 Å². The normalized spacial score (nSPS) is 12.1. The molecule has 0 fully saturated rings. The van der Waals surface area contributed by atoms with E-state index < -0.39 is 5.82 Å². The van der Waals surface area contributed by atoms with Gasteiger partial charge in [-0.15, -0.1) is 5.10 Å². The minimum atomic E-state index is -0.513. The summed E-state index contributed by atoms with van der Waals surface area (Å²) >= 11 is 0. The molecule has 1 aromatic heterocycles. The molecule has 0 spiro atoms. The van der Waals surface area contributed by atoms with Crippen molar-refractivity contribution >= 4 is 11.6 Å². The Labute approximate surface area is 121 Å². The van der Waals surface area contributed by atoms with Gasteiger partial charge in [-0.3, -0.25) is 4.79 Å². The quantitative estimate of drug-likeness (QED) is 0.831. The Balaban J connectivity index is 2.12. The molecule has 1 aromatic carbocycles. The van der Waals surface area contributed by atoms with Crippen LogP contribution in [0.5, 0.6) is 0 Å². The largest absolute Gasteiger partial charge is 0.330 e. The second kappa shape index (κ2) is 6.89. The van der Waals surface area contributed by atoms with Crippen molar-refractivity contribution in [3.05, 3.63) is 30.3 Å². The molecule has 1 amide bonds. The van der Waals surface area contributed by atoms with Crippen LogP contribution in [0.3, 0.4) is 0 Å². The number of halogens is 1. The lowest BCUT2D eigenvalue weighted by Gasteiger charge is -2.13. The summed E-state index contributed by atoms with van der Waals surface area (Å²) in [7, 11) is 0. The fourth-order valence-electron chi connectivity index (χ4n) is 1.89. The standard InChI is InChI=1S/C13H17FN6O/c1-2-9(7-15)5-13(21)17-12-6-10(3-4-11(12)14)20-8-16-18-19-20/h3-4,6,8-9H,2,5,7,15H2,1H3,(H,17,21). The molecule has 0 bridgehead atoms. The van der Waals surface area contributed by atoms with Crippen LogP contribution in [-0.4, -0.2) is 32.7 Å². The van der Waals surface area contributed by atoms with Crippen molar-refractivity contribution in [2.75, 3.05) is 11.9 Å². The van der Waals surface area contributed by atoms with E-state index in [9.17, 15) is 9.18 Å². The number of tetrazole rings is 1. The first-order valence-corrected chi connectivity index (χ1v) is 6.66. The predicted octanol–water partition coefficient (Wildman–Crippen LogP) is 1.11. The van der Waals surface area contributed by atoms with Gasteiger partial charge in [0.15, 0.2) is 0 Å². The zero-order chi connectivity index (χ0) is 15.2. The van der Waals surface area contributed by atoms with Gasteiger partial charge in [0, 0.05) is 6.42 Å². The number of nitrogens with one attached hydrogen (secondary N) is 1. The molecule has 21 heavy (non-hydrogen) atoms. The van der Waals surface area contributed by atoms with Crippen molar-refractivity contribution in [3.63, 3.8) is 0 Å². The van der Waals surface area contributed by atoms with E-state index in [4.69, 9.17) is 5.73 Å². The van der Waals surface area contributed by atoms with Crippen LogP contribution >= 0.6 is 0 Å². The molecule has 0 saturated carbocycles. The molecule has 0 saturated heterocycles. The molecule has 0 aliphatic rings.